The highest BCUT2D eigenvalue weighted by Crippen LogP contribution is 2.59. The van der Waals surface area contributed by atoms with Gasteiger partial charge in [0.2, 0.25) is 5.91 Å². The Kier molecular flexibility index (Phi) is 5.12. The molecule has 4 nitrogen and oxygen atoms in total. The van der Waals surface area contributed by atoms with Crippen LogP contribution in [0.5, 0.6) is 5.75 Å². The molecule has 126 valence electrons. The maximum Gasteiger partial charge on any atom is 0.223 e. The van der Waals surface area contributed by atoms with Crippen LogP contribution in [0, 0.1) is 11.3 Å². The molecular weight excluding hydrogens is 314 g/mol. The van der Waals surface area contributed by atoms with Crippen LogP contribution in [0.15, 0.2) is 18.2 Å². The van der Waals surface area contributed by atoms with Gasteiger partial charge in [-0.3, -0.25) is 4.79 Å². The average molecular weight is 338 g/mol. The van der Waals surface area contributed by atoms with Crippen molar-refractivity contribution in [2.75, 3.05) is 26.4 Å². The summed E-state index contributed by atoms with van der Waals surface area (Å²) in [4.78, 5) is 12.3. The minimum Gasteiger partial charge on any atom is -0.494 e. The van der Waals surface area contributed by atoms with Crippen molar-refractivity contribution in [1.29, 1.82) is 0 Å². The van der Waals surface area contributed by atoms with Gasteiger partial charge >= 0.3 is 0 Å². The summed E-state index contributed by atoms with van der Waals surface area (Å²) in [7, 11) is 0. The second kappa shape index (κ2) is 7.10. The summed E-state index contributed by atoms with van der Waals surface area (Å²) in [5, 5.41) is 3.77. The molecule has 5 heteroatoms. The molecule has 1 heterocycles. The van der Waals surface area contributed by atoms with Gasteiger partial charge in [0.25, 0.3) is 0 Å². The van der Waals surface area contributed by atoms with Crippen molar-refractivity contribution in [3.63, 3.8) is 0 Å². The lowest BCUT2D eigenvalue weighted by Crippen LogP contribution is -2.31. The first kappa shape index (κ1) is 16.6. The Labute approximate surface area is 142 Å². The van der Waals surface area contributed by atoms with Crippen molar-refractivity contribution in [2.45, 2.75) is 32.6 Å². The lowest BCUT2D eigenvalue weighted by molar-refractivity contribution is -0.123. The fraction of sp³-hybridized carbons (Fsp3) is 0.611. The summed E-state index contributed by atoms with van der Waals surface area (Å²) in [6, 6.07) is 5.63. The lowest BCUT2D eigenvalue weighted by Gasteiger charge is -2.22. The molecule has 1 aromatic carbocycles. The number of halogens is 1. The summed E-state index contributed by atoms with van der Waals surface area (Å²) in [5.41, 5.74) is 1.27. The third-order valence-electron chi connectivity index (χ3n) is 5.01. The number of nitrogens with one attached hydrogen (secondary N) is 1. The van der Waals surface area contributed by atoms with Gasteiger partial charge in [0, 0.05) is 30.7 Å². The fourth-order valence-electron chi connectivity index (χ4n) is 3.53. The molecule has 1 aromatic rings. The molecular formula is C18H24ClNO3. The van der Waals surface area contributed by atoms with Crippen molar-refractivity contribution < 1.29 is 14.3 Å². The number of ether oxygens (including phenoxy) is 2. The van der Waals surface area contributed by atoms with Crippen molar-refractivity contribution in [2.24, 2.45) is 11.3 Å². The van der Waals surface area contributed by atoms with Crippen LogP contribution in [0.4, 0.5) is 0 Å². The smallest absolute Gasteiger partial charge is 0.223 e. The third-order valence-corrected chi connectivity index (χ3v) is 5.25. The lowest BCUT2D eigenvalue weighted by atomic mass is 9.93. The summed E-state index contributed by atoms with van der Waals surface area (Å²) < 4.78 is 11.0. The molecule has 1 N–H and O–H groups in total. The maximum atomic E-state index is 12.3. The topological polar surface area (TPSA) is 47.6 Å². The molecule has 3 rings (SSSR count). The van der Waals surface area contributed by atoms with E-state index < -0.39 is 0 Å². The van der Waals surface area contributed by atoms with Crippen LogP contribution in [0.2, 0.25) is 5.02 Å². The molecule has 1 amide bonds. The number of benzene rings is 1. The Balaban J connectivity index is 1.50. The Morgan fingerprint density at radius 1 is 1.43 bits per heavy atom. The van der Waals surface area contributed by atoms with Crippen LogP contribution >= 0.6 is 11.6 Å². The van der Waals surface area contributed by atoms with Gasteiger partial charge in [-0.1, -0.05) is 11.6 Å². The van der Waals surface area contributed by atoms with Crippen LogP contribution in [0.1, 0.15) is 31.7 Å². The first-order valence-corrected chi connectivity index (χ1v) is 8.79. The van der Waals surface area contributed by atoms with Crippen LogP contribution in [-0.4, -0.2) is 32.3 Å². The van der Waals surface area contributed by atoms with Gasteiger partial charge in [0.05, 0.1) is 6.61 Å². The molecule has 2 fully saturated rings. The van der Waals surface area contributed by atoms with E-state index in [0.717, 1.165) is 50.2 Å². The molecule has 2 aliphatic rings. The fourth-order valence-corrected chi connectivity index (χ4v) is 3.73. The predicted octanol–water partition coefficient (Wildman–Crippen LogP) is 3.21. The number of carbonyl (C=O) groups is 1. The second-order valence-corrected chi connectivity index (χ2v) is 6.89. The van der Waals surface area contributed by atoms with E-state index >= 15 is 0 Å². The van der Waals surface area contributed by atoms with E-state index in [1.165, 1.54) is 0 Å². The Bertz CT molecular complexity index is 569. The van der Waals surface area contributed by atoms with Gasteiger partial charge in [0.1, 0.15) is 5.75 Å². The van der Waals surface area contributed by atoms with Gasteiger partial charge in [-0.2, -0.15) is 0 Å². The largest absolute Gasteiger partial charge is 0.494 e. The number of carbonyl (C=O) groups excluding carboxylic acids is 1. The Morgan fingerprint density at radius 2 is 2.22 bits per heavy atom. The third kappa shape index (κ3) is 3.81. The maximum absolute atomic E-state index is 12.3. The molecule has 1 spiro atoms. The van der Waals surface area contributed by atoms with Gasteiger partial charge < -0.3 is 14.8 Å². The SMILES string of the molecule is CCOc1ccc(Cl)cc1CCNC(=O)[C@H]1CC12CCOCC2. The normalized spacial score (nSPS) is 21.9. The summed E-state index contributed by atoms with van der Waals surface area (Å²) in [6.45, 7) is 4.78. The predicted molar refractivity (Wildman–Crippen MR) is 89.9 cm³/mol. The van der Waals surface area contributed by atoms with Gasteiger partial charge in [0.15, 0.2) is 0 Å². The molecule has 1 aliphatic heterocycles. The first-order valence-electron chi connectivity index (χ1n) is 8.41. The minimum absolute atomic E-state index is 0.178. The zero-order valence-electron chi connectivity index (χ0n) is 13.6. The van der Waals surface area contributed by atoms with E-state index in [0.29, 0.717) is 18.2 Å². The highest BCUT2D eigenvalue weighted by atomic mass is 35.5. The minimum atomic E-state index is 0.178. The molecule has 1 saturated heterocycles. The first-order chi connectivity index (χ1) is 11.1. The number of amides is 1. The number of hydrogen-bond donors (Lipinski definition) is 1. The molecule has 0 aromatic heterocycles. The van der Waals surface area contributed by atoms with E-state index in [1.807, 2.05) is 25.1 Å². The van der Waals surface area contributed by atoms with E-state index in [2.05, 4.69) is 5.32 Å². The zero-order chi connectivity index (χ0) is 16.3. The van der Waals surface area contributed by atoms with E-state index in [9.17, 15) is 4.79 Å². The van der Waals surface area contributed by atoms with Gasteiger partial charge in [-0.05, 0) is 61.8 Å². The summed E-state index contributed by atoms with van der Waals surface area (Å²) in [6.07, 6.45) is 3.79. The number of hydrogen-bond acceptors (Lipinski definition) is 3. The molecule has 1 atom stereocenters. The van der Waals surface area contributed by atoms with E-state index in [1.54, 1.807) is 0 Å². The zero-order valence-corrected chi connectivity index (χ0v) is 14.3. The molecule has 1 aliphatic carbocycles. The molecule has 1 saturated carbocycles. The molecule has 0 unspecified atom stereocenters. The number of rotatable bonds is 6. The van der Waals surface area contributed by atoms with Crippen LogP contribution < -0.4 is 10.1 Å². The standard InChI is InChI=1S/C18H24ClNO3/c1-2-23-16-4-3-14(19)11-13(16)5-8-20-17(21)15-12-18(15)6-9-22-10-7-18/h3-4,11,15H,2,5-10,12H2,1H3,(H,20,21)/t15-/m1/s1. The van der Waals surface area contributed by atoms with Crippen molar-refractivity contribution >= 4 is 17.5 Å². The van der Waals surface area contributed by atoms with Crippen LogP contribution in [-0.2, 0) is 16.0 Å². The van der Waals surface area contributed by atoms with Crippen LogP contribution in [0.3, 0.4) is 0 Å². The Morgan fingerprint density at radius 3 is 2.96 bits per heavy atom. The van der Waals surface area contributed by atoms with Gasteiger partial charge in [-0.25, -0.2) is 0 Å². The molecule has 0 bridgehead atoms. The average Bonchev–Trinajstić information content (AvgIpc) is 3.24. The van der Waals surface area contributed by atoms with Crippen LogP contribution in [0.25, 0.3) is 0 Å². The van der Waals surface area contributed by atoms with E-state index in [-0.39, 0.29) is 17.2 Å². The molecule has 23 heavy (non-hydrogen) atoms. The monoisotopic (exact) mass is 337 g/mol. The summed E-state index contributed by atoms with van der Waals surface area (Å²) in [5.74, 6) is 1.21. The highest BCUT2D eigenvalue weighted by Gasteiger charge is 2.57. The second-order valence-electron chi connectivity index (χ2n) is 6.46. The quantitative estimate of drug-likeness (QED) is 0.867. The molecule has 0 radical (unpaired) electrons. The summed E-state index contributed by atoms with van der Waals surface area (Å²) >= 11 is 6.06. The Hall–Kier alpha value is -1.26. The van der Waals surface area contributed by atoms with Crippen molar-refractivity contribution in [3.8, 4) is 5.75 Å². The van der Waals surface area contributed by atoms with Crippen molar-refractivity contribution in [1.82, 2.24) is 5.32 Å². The van der Waals surface area contributed by atoms with Gasteiger partial charge in [-0.15, -0.1) is 0 Å². The highest BCUT2D eigenvalue weighted by molar-refractivity contribution is 6.30. The van der Waals surface area contributed by atoms with Crippen molar-refractivity contribution in [3.05, 3.63) is 28.8 Å². The van der Waals surface area contributed by atoms with E-state index in [4.69, 9.17) is 21.1 Å².